The Morgan fingerprint density at radius 1 is 0.239 bits per heavy atom. The third-order valence-corrected chi connectivity index (χ3v) is 15.5. The molecule has 15 rings (SSSR count). The van der Waals surface area contributed by atoms with Gasteiger partial charge >= 0.3 is 0 Å². The Hall–Kier alpha value is -11.7. The molecule has 0 spiro atoms. The van der Waals surface area contributed by atoms with E-state index in [4.69, 9.17) is 59.8 Å². The van der Waals surface area contributed by atoms with Crippen molar-refractivity contribution in [2.24, 2.45) is 0 Å². The van der Waals surface area contributed by atoms with Gasteiger partial charge in [0.25, 0.3) is 0 Å². The number of benzene rings is 7. The third kappa shape index (κ3) is 9.58. The van der Waals surface area contributed by atoms with Gasteiger partial charge in [-0.15, -0.1) is 0 Å². The molecule has 0 radical (unpaired) electrons. The Balaban J connectivity index is 1.02. The van der Waals surface area contributed by atoms with Crippen LogP contribution < -0.4 is 0 Å². The smallest absolute Gasteiger partial charge is 0.164 e. The molecule has 8 heterocycles. The first-order chi connectivity index (χ1) is 42.8. The highest BCUT2D eigenvalue weighted by Gasteiger charge is 2.25. The average molecular weight is 1150 g/mol. The first kappa shape index (κ1) is 53.1. The quantitative estimate of drug-likeness (QED) is 0.124. The molecule has 7 aromatic carbocycles. The molecule has 88 heavy (non-hydrogen) atoms. The molecule has 0 saturated heterocycles. The zero-order chi connectivity index (χ0) is 59.9. The summed E-state index contributed by atoms with van der Waals surface area (Å²) in [6, 6.07) is 54.1. The topological polar surface area (TPSA) is 216 Å². The molecule has 422 valence electrons. The van der Waals surface area contributed by atoms with Crippen molar-refractivity contribution < 1.29 is 0 Å². The molecule has 0 N–H and O–H groups in total. The van der Waals surface area contributed by atoms with Crippen LogP contribution in [0.5, 0.6) is 0 Å². The molecule has 0 aliphatic rings. The van der Waals surface area contributed by atoms with Crippen LogP contribution in [0.2, 0.25) is 0 Å². The van der Waals surface area contributed by atoms with Gasteiger partial charge in [0.2, 0.25) is 0 Å². The fourth-order valence-corrected chi connectivity index (χ4v) is 11.9. The van der Waals surface area contributed by atoms with Crippen LogP contribution in [0, 0.1) is 55.4 Å². The van der Waals surface area contributed by atoms with Crippen molar-refractivity contribution in [2.45, 2.75) is 55.4 Å². The van der Waals surface area contributed by atoms with E-state index in [2.05, 4.69) is 126 Å². The molecule has 0 amide bonds. The van der Waals surface area contributed by atoms with Gasteiger partial charge in [0, 0.05) is 77.8 Å². The summed E-state index contributed by atoms with van der Waals surface area (Å²) in [6.45, 7) is 15.1. The number of hydrogen-bond acceptors (Lipinski definition) is 16. The van der Waals surface area contributed by atoms with Gasteiger partial charge in [0.15, 0.2) is 40.8 Å². The molecule has 15 aromatic rings. The molecular weight excluding hydrogens is 1090 g/mol. The van der Waals surface area contributed by atoms with Crippen molar-refractivity contribution >= 4 is 43.6 Å². The molecule has 0 bridgehead atoms. The minimum Gasteiger partial charge on any atom is -0.309 e. The van der Waals surface area contributed by atoms with Gasteiger partial charge in [-0.25, -0.2) is 74.8 Å². The molecular formula is C70H52N18. The number of fused-ring (bicyclic) bond motifs is 6. The molecule has 0 fully saturated rings. The number of pyridine rings is 1. The van der Waals surface area contributed by atoms with E-state index in [1.165, 1.54) is 0 Å². The van der Waals surface area contributed by atoms with E-state index in [1.54, 1.807) is 0 Å². The normalized spacial score (nSPS) is 11.6. The Morgan fingerprint density at radius 2 is 0.523 bits per heavy atom. The van der Waals surface area contributed by atoms with E-state index >= 15 is 0 Å². The molecule has 8 aromatic heterocycles. The van der Waals surface area contributed by atoms with Gasteiger partial charge in [0.05, 0.1) is 39.6 Å². The summed E-state index contributed by atoms with van der Waals surface area (Å²) in [4.78, 5) is 77.0. The predicted molar refractivity (Wildman–Crippen MR) is 341 cm³/mol. The second kappa shape index (κ2) is 21.1. The number of aryl methyl sites for hydroxylation is 8. The molecule has 0 saturated carbocycles. The molecule has 0 unspecified atom stereocenters. The summed E-state index contributed by atoms with van der Waals surface area (Å²) in [6.07, 6.45) is 3.79. The number of aromatic nitrogens is 18. The number of nitrogens with zero attached hydrogens (tertiary/aromatic N) is 18. The molecule has 0 aliphatic heterocycles. The van der Waals surface area contributed by atoms with E-state index in [9.17, 15) is 0 Å². The summed E-state index contributed by atoms with van der Waals surface area (Å²) >= 11 is 0. The number of hydrogen-bond donors (Lipinski definition) is 0. The second-order valence-corrected chi connectivity index (χ2v) is 21.8. The fourth-order valence-electron chi connectivity index (χ4n) is 11.9. The molecule has 0 aliphatic carbocycles. The Labute approximate surface area is 504 Å². The Morgan fingerprint density at radius 3 is 0.875 bits per heavy atom. The Bertz CT molecular complexity index is 4970. The zero-order valence-corrected chi connectivity index (χ0v) is 49.2. The fraction of sp³-hybridized carbons (Fsp3) is 0.114. The highest BCUT2D eigenvalue weighted by atomic mass is 15.1. The van der Waals surface area contributed by atoms with Crippen molar-refractivity contribution in [3.05, 3.63) is 217 Å². The van der Waals surface area contributed by atoms with Gasteiger partial charge in [-0.1, -0.05) is 72.8 Å². The van der Waals surface area contributed by atoms with Crippen LogP contribution in [0.1, 0.15) is 46.6 Å². The van der Waals surface area contributed by atoms with Crippen molar-refractivity contribution in [3.63, 3.8) is 0 Å². The predicted octanol–water partition coefficient (Wildman–Crippen LogP) is 14.0. The average Bonchev–Trinajstić information content (AvgIpc) is 2.90. The standard InChI is InChI=1S/C70H52N18/c1-37-72-38(2)77-66(76-37)47-20-25-58-54(31-47)55-32-48(67-78-39(3)73-40(4)79-67)21-26-59(55)87(58)62-35-51(70-85-64(45-15-11-9-12-16-45)84-65(86-70)46-17-13-10-14-18-46)19-24-52(62)53-29-30-71-36-63(53)88-60-27-22-49(68-80-41(5)74-42(6)81-68)33-56(60)57-34-50(23-28-61(57)88)69-82-43(7)75-44(8)83-69/h9-36H,1-8H3. The van der Waals surface area contributed by atoms with Crippen LogP contribution in [0.4, 0.5) is 0 Å². The van der Waals surface area contributed by atoms with E-state index < -0.39 is 0 Å². The van der Waals surface area contributed by atoms with Crippen LogP contribution in [0.15, 0.2) is 170 Å². The first-order valence-corrected chi connectivity index (χ1v) is 28.7. The van der Waals surface area contributed by atoms with Crippen molar-refractivity contribution in [1.29, 1.82) is 0 Å². The van der Waals surface area contributed by atoms with Crippen molar-refractivity contribution in [1.82, 2.24) is 88.9 Å². The highest BCUT2D eigenvalue weighted by Crippen LogP contribution is 2.44. The van der Waals surface area contributed by atoms with Gasteiger partial charge in [0.1, 0.15) is 46.6 Å². The largest absolute Gasteiger partial charge is 0.309 e. The summed E-state index contributed by atoms with van der Waals surface area (Å²) in [5, 5.41) is 3.85. The first-order valence-electron chi connectivity index (χ1n) is 28.7. The van der Waals surface area contributed by atoms with Gasteiger partial charge < -0.3 is 9.13 Å². The van der Waals surface area contributed by atoms with Gasteiger partial charge in [-0.3, -0.25) is 4.98 Å². The summed E-state index contributed by atoms with van der Waals surface area (Å²) in [5.74, 6) is 9.06. The highest BCUT2D eigenvalue weighted by molar-refractivity contribution is 6.14. The van der Waals surface area contributed by atoms with Crippen LogP contribution in [-0.4, -0.2) is 88.9 Å². The van der Waals surface area contributed by atoms with E-state index in [0.29, 0.717) is 87.4 Å². The van der Waals surface area contributed by atoms with E-state index in [1.807, 2.05) is 128 Å². The maximum atomic E-state index is 5.26. The minimum atomic E-state index is 0.503. The monoisotopic (exact) mass is 1140 g/mol. The summed E-state index contributed by atoms with van der Waals surface area (Å²) in [5.41, 5.74) is 13.1. The Kier molecular flexibility index (Phi) is 12.8. The maximum Gasteiger partial charge on any atom is 0.164 e. The van der Waals surface area contributed by atoms with Crippen molar-refractivity contribution in [2.75, 3.05) is 0 Å². The van der Waals surface area contributed by atoms with Crippen LogP contribution in [0.25, 0.3) is 146 Å². The zero-order valence-electron chi connectivity index (χ0n) is 49.2. The lowest BCUT2D eigenvalue weighted by Gasteiger charge is -2.19. The lowest BCUT2D eigenvalue weighted by atomic mass is 9.99. The van der Waals surface area contributed by atoms with Crippen LogP contribution in [0.3, 0.4) is 0 Å². The van der Waals surface area contributed by atoms with E-state index in [-0.39, 0.29) is 0 Å². The summed E-state index contributed by atoms with van der Waals surface area (Å²) < 4.78 is 4.62. The lowest BCUT2D eigenvalue weighted by molar-refractivity contribution is 0.928. The maximum absolute atomic E-state index is 5.26. The molecule has 0 atom stereocenters. The second-order valence-electron chi connectivity index (χ2n) is 21.8. The van der Waals surface area contributed by atoms with Crippen molar-refractivity contribution in [3.8, 4) is 102 Å². The van der Waals surface area contributed by atoms with Gasteiger partial charge in [-0.05, 0) is 140 Å². The molecule has 18 heteroatoms. The number of rotatable bonds is 10. The SMILES string of the molecule is Cc1nc(C)nc(-c2ccc3c(c2)c2cc(-c4nc(C)nc(C)n4)ccc2n3-c2cnccc2-c2ccc(-c3nc(-c4ccccc4)nc(-c4ccccc4)n3)cc2-n2c3ccc(-c4nc(C)nc(C)n4)cc3c3cc(-c4nc(C)nc(C)n4)ccc32)n1. The minimum absolute atomic E-state index is 0.503. The third-order valence-electron chi connectivity index (χ3n) is 15.5. The lowest BCUT2D eigenvalue weighted by Crippen LogP contribution is -2.04. The van der Waals surface area contributed by atoms with Crippen LogP contribution >= 0.6 is 0 Å². The van der Waals surface area contributed by atoms with Gasteiger partial charge in [-0.2, -0.15) is 0 Å². The summed E-state index contributed by atoms with van der Waals surface area (Å²) in [7, 11) is 0. The van der Waals surface area contributed by atoms with E-state index in [0.717, 1.165) is 105 Å². The molecule has 18 nitrogen and oxygen atoms in total. The van der Waals surface area contributed by atoms with Crippen LogP contribution in [-0.2, 0) is 0 Å².